The number of anilines is 1. The van der Waals surface area contributed by atoms with Gasteiger partial charge in [-0.1, -0.05) is 6.92 Å². The zero-order valence-corrected chi connectivity index (χ0v) is 12.2. The van der Waals surface area contributed by atoms with E-state index in [2.05, 4.69) is 15.3 Å². The van der Waals surface area contributed by atoms with E-state index in [0.29, 0.717) is 12.7 Å². The molecule has 0 aliphatic carbocycles. The second kappa shape index (κ2) is 5.94. The van der Waals surface area contributed by atoms with E-state index in [0.717, 1.165) is 6.20 Å². The smallest absolute Gasteiger partial charge is 0.367 e. The van der Waals surface area contributed by atoms with Crippen molar-refractivity contribution in [2.45, 2.75) is 31.5 Å². The van der Waals surface area contributed by atoms with Crippen molar-refractivity contribution in [2.75, 3.05) is 25.5 Å². The quantitative estimate of drug-likeness (QED) is 0.868. The molecule has 0 spiro atoms. The van der Waals surface area contributed by atoms with E-state index < -0.39 is 17.8 Å². The lowest BCUT2D eigenvalue weighted by atomic mass is 9.89. The molecule has 0 aromatic carbocycles. The number of halogens is 5. The van der Waals surface area contributed by atoms with Crippen LogP contribution in [0.2, 0.25) is 0 Å². The molecule has 2 heterocycles. The largest absolute Gasteiger partial charge is 0.434 e. The predicted molar refractivity (Wildman–Crippen MR) is 70.7 cm³/mol. The summed E-state index contributed by atoms with van der Waals surface area (Å²) in [4.78, 5) is 8.49. The van der Waals surface area contributed by atoms with Gasteiger partial charge in [0, 0.05) is 19.0 Å². The number of hydrogen-bond acceptors (Lipinski definition) is 4. The van der Waals surface area contributed by atoms with Gasteiger partial charge in [-0.3, -0.25) is 4.90 Å². The van der Waals surface area contributed by atoms with Crippen LogP contribution in [0.4, 0.5) is 27.8 Å². The summed E-state index contributed by atoms with van der Waals surface area (Å²) < 4.78 is 63.9. The summed E-state index contributed by atoms with van der Waals surface area (Å²) in [6, 6.07) is -0.149. The molecule has 124 valence electrons. The van der Waals surface area contributed by atoms with E-state index in [-0.39, 0.29) is 30.7 Å². The molecule has 4 nitrogen and oxygen atoms in total. The Hall–Kier alpha value is -1.51. The Kier molecular flexibility index (Phi) is 4.55. The van der Waals surface area contributed by atoms with Gasteiger partial charge in [0.15, 0.2) is 5.69 Å². The number of nitrogens with one attached hydrogen (secondary N) is 1. The third kappa shape index (κ3) is 4.02. The fourth-order valence-corrected chi connectivity index (χ4v) is 2.72. The lowest BCUT2D eigenvalue weighted by molar-refractivity contribution is -0.141. The molecule has 1 fully saturated rings. The molecule has 1 aliphatic heterocycles. The fraction of sp³-hybridized carbons (Fsp3) is 0.692. The first-order valence-electron chi connectivity index (χ1n) is 6.80. The van der Waals surface area contributed by atoms with E-state index in [1.807, 2.05) is 0 Å². The molecule has 1 saturated heterocycles. The van der Waals surface area contributed by atoms with Crippen LogP contribution in [0.15, 0.2) is 12.4 Å². The Morgan fingerprint density at radius 3 is 2.50 bits per heavy atom. The monoisotopic (exact) mass is 324 g/mol. The van der Waals surface area contributed by atoms with Crippen LogP contribution >= 0.6 is 0 Å². The zero-order valence-electron chi connectivity index (χ0n) is 12.2. The van der Waals surface area contributed by atoms with Gasteiger partial charge in [0.05, 0.1) is 18.9 Å². The van der Waals surface area contributed by atoms with Crippen molar-refractivity contribution in [3.8, 4) is 0 Å². The van der Waals surface area contributed by atoms with Crippen LogP contribution < -0.4 is 5.32 Å². The molecule has 1 aromatic heterocycles. The molecule has 1 aliphatic rings. The van der Waals surface area contributed by atoms with Gasteiger partial charge in [-0.25, -0.2) is 18.7 Å². The number of likely N-dealkylation sites (N-methyl/N-ethyl adjacent to an activating group) is 1. The fourth-order valence-electron chi connectivity index (χ4n) is 2.72. The molecule has 2 atom stereocenters. The van der Waals surface area contributed by atoms with Crippen LogP contribution in [0, 0.1) is 5.92 Å². The molecule has 22 heavy (non-hydrogen) atoms. The number of aromatic nitrogens is 2. The van der Waals surface area contributed by atoms with Gasteiger partial charge in [0.1, 0.15) is 5.82 Å². The number of alkyl halides is 5. The van der Waals surface area contributed by atoms with Crippen LogP contribution in [0.5, 0.6) is 0 Å². The average Bonchev–Trinajstić information content (AvgIpc) is 2.35. The molecule has 0 saturated carbocycles. The van der Waals surface area contributed by atoms with Gasteiger partial charge in [-0.15, -0.1) is 0 Å². The Labute approximate surface area is 124 Å². The van der Waals surface area contributed by atoms with Crippen LogP contribution in [-0.2, 0) is 6.18 Å². The second-order valence-corrected chi connectivity index (χ2v) is 5.69. The van der Waals surface area contributed by atoms with Crippen LogP contribution in [0.1, 0.15) is 19.0 Å². The van der Waals surface area contributed by atoms with E-state index in [1.165, 1.54) is 0 Å². The Morgan fingerprint density at radius 1 is 1.32 bits per heavy atom. The third-order valence-electron chi connectivity index (χ3n) is 3.76. The summed E-state index contributed by atoms with van der Waals surface area (Å²) >= 11 is 0. The minimum atomic E-state index is -4.53. The lowest BCUT2D eigenvalue weighted by Gasteiger charge is -2.41. The highest BCUT2D eigenvalue weighted by Crippen LogP contribution is 2.33. The Balaban J connectivity index is 1.95. The first kappa shape index (κ1) is 16.9. The second-order valence-electron chi connectivity index (χ2n) is 5.69. The normalized spacial score (nSPS) is 26.0. The van der Waals surface area contributed by atoms with Crippen LogP contribution in [0.3, 0.4) is 0 Å². The summed E-state index contributed by atoms with van der Waals surface area (Å²) in [6.45, 7) is 1.71. The Morgan fingerprint density at radius 2 is 2.00 bits per heavy atom. The molecule has 1 aromatic rings. The number of likely N-dealkylation sites (tertiary alicyclic amines) is 1. The summed E-state index contributed by atoms with van der Waals surface area (Å²) in [6.07, 6.45) is -3.10. The predicted octanol–water partition coefficient (Wildman–Crippen LogP) is 2.88. The third-order valence-corrected chi connectivity index (χ3v) is 3.76. The highest BCUT2D eigenvalue weighted by molar-refractivity contribution is 5.31. The van der Waals surface area contributed by atoms with Gasteiger partial charge >= 0.3 is 6.18 Å². The Bertz CT molecular complexity index is 488. The van der Waals surface area contributed by atoms with Gasteiger partial charge in [-0.2, -0.15) is 13.2 Å². The molecule has 0 bridgehead atoms. The number of hydrogen-bond donors (Lipinski definition) is 1. The standard InChI is InChI=1S/C13H17F5N4/c1-8-3-12(14,15)7-22(2)9(8)4-20-11-6-19-10(5-21-11)13(16,17)18/h5-6,8-9H,3-4,7H2,1-2H3,(H,20,21)/t8?,9-/m1/s1. The minimum absolute atomic E-state index is 0.149. The van der Waals surface area contributed by atoms with E-state index in [9.17, 15) is 22.0 Å². The van der Waals surface area contributed by atoms with Crippen LogP contribution in [-0.4, -0.2) is 47.0 Å². The van der Waals surface area contributed by atoms with Gasteiger partial charge in [0.2, 0.25) is 0 Å². The van der Waals surface area contributed by atoms with Crippen molar-refractivity contribution in [1.82, 2.24) is 14.9 Å². The minimum Gasteiger partial charge on any atom is -0.367 e. The van der Waals surface area contributed by atoms with Crippen molar-refractivity contribution in [2.24, 2.45) is 5.92 Å². The molecular formula is C13H17F5N4. The molecule has 0 radical (unpaired) electrons. The van der Waals surface area contributed by atoms with E-state index >= 15 is 0 Å². The zero-order chi connectivity index (χ0) is 16.5. The first-order chi connectivity index (χ1) is 10.1. The summed E-state index contributed by atoms with van der Waals surface area (Å²) in [5.41, 5.74) is -1.07. The highest BCUT2D eigenvalue weighted by Gasteiger charge is 2.42. The molecule has 1 unspecified atom stereocenters. The summed E-state index contributed by atoms with van der Waals surface area (Å²) in [7, 11) is 1.61. The molecule has 9 heteroatoms. The maximum atomic E-state index is 13.4. The van der Waals surface area contributed by atoms with Crippen molar-refractivity contribution >= 4 is 5.82 Å². The molecular weight excluding hydrogens is 307 g/mol. The molecule has 0 amide bonds. The van der Waals surface area contributed by atoms with Crippen LogP contribution in [0.25, 0.3) is 0 Å². The summed E-state index contributed by atoms with van der Waals surface area (Å²) in [5, 5.41) is 2.85. The van der Waals surface area contributed by atoms with Crippen molar-refractivity contribution in [3.05, 3.63) is 18.1 Å². The topological polar surface area (TPSA) is 41.0 Å². The van der Waals surface area contributed by atoms with Gasteiger partial charge in [0.25, 0.3) is 5.92 Å². The molecule has 1 N–H and O–H groups in total. The maximum absolute atomic E-state index is 13.4. The summed E-state index contributed by atoms with van der Waals surface area (Å²) in [5.74, 6) is -2.77. The van der Waals surface area contributed by atoms with Gasteiger partial charge < -0.3 is 5.32 Å². The maximum Gasteiger partial charge on any atom is 0.434 e. The lowest BCUT2D eigenvalue weighted by Crippen LogP contribution is -2.53. The number of piperidine rings is 1. The van der Waals surface area contributed by atoms with E-state index in [1.54, 1.807) is 18.9 Å². The van der Waals surface area contributed by atoms with Crippen molar-refractivity contribution in [3.63, 3.8) is 0 Å². The number of nitrogens with zero attached hydrogens (tertiary/aromatic N) is 3. The molecule has 2 rings (SSSR count). The van der Waals surface area contributed by atoms with Crippen molar-refractivity contribution < 1.29 is 22.0 Å². The van der Waals surface area contributed by atoms with Gasteiger partial charge in [-0.05, 0) is 13.0 Å². The number of rotatable bonds is 3. The first-order valence-corrected chi connectivity index (χ1v) is 6.80. The highest BCUT2D eigenvalue weighted by atomic mass is 19.4. The average molecular weight is 324 g/mol. The SMILES string of the molecule is CC1CC(F)(F)CN(C)[C@@H]1CNc1cnc(C(F)(F)F)cn1. The van der Waals surface area contributed by atoms with Crippen molar-refractivity contribution in [1.29, 1.82) is 0 Å². The van der Waals surface area contributed by atoms with E-state index in [4.69, 9.17) is 0 Å².